The molecule has 0 unspecified atom stereocenters. The van der Waals surface area contributed by atoms with Crippen LogP contribution in [0.1, 0.15) is 48.9 Å². The van der Waals surface area contributed by atoms with Crippen molar-refractivity contribution in [2.24, 2.45) is 5.92 Å². The monoisotopic (exact) mass is 448 g/mol. The summed E-state index contributed by atoms with van der Waals surface area (Å²) in [5.74, 6) is 1.13. The number of carbonyl (C=O) groups excluding carboxylic acids is 2. The second kappa shape index (κ2) is 9.56. The van der Waals surface area contributed by atoms with E-state index in [4.69, 9.17) is 9.47 Å². The van der Waals surface area contributed by atoms with Crippen LogP contribution in [-0.2, 0) is 20.7 Å². The molecule has 2 heterocycles. The van der Waals surface area contributed by atoms with E-state index >= 15 is 0 Å². The van der Waals surface area contributed by atoms with Crippen molar-refractivity contribution < 1.29 is 19.1 Å². The fraction of sp³-hybridized carbons (Fsp3) is 0.481. The Labute approximate surface area is 195 Å². The number of morpholine rings is 1. The Morgan fingerprint density at radius 1 is 1.06 bits per heavy atom. The van der Waals surface area contributed by atoms with E-state index < -0.39 is 6.10 Å². The zero-order valence-corrected chi connectivity index (χ0v) is 19.2. The normalized spacial score (nSPS) is 21.3. The van der Waals surface area contributed by atoms with Crippen molar-refractivity contribution in [2.45, 2.75) is 44.8 Å². The molecule has 0 spiro atoms. The van der Waals surface area contributed by atoms with Gasteiger partial charge in [-0.25, -0.2) is 0 Å². The van der Waals surface area contributed by atoms with Crippen LogP contribution in [0.25, 0.3) is 0 Å². The number of hydrogen-bond donors (Lipinski definition) is 0. The minimum absolute atomic E-state index is 0.0173. The number of fused-ring (bicyclic) bond motifs is 1. The van der Waals surface area contributed by atoms with Crippen LogP contribution in [-0.4, -0.2) is 60.6 Å². The molecule has 2 atom stereocenters. The lowest BCUT2D eigenvalue weighted by atomic mass is 9.87. The number of amides is 2. The zero-order valence-electron chi connectivity index (χ0n) is 19.2. The number of hydrogen-bond acceptors (Lipinski definition) is 4. The van der Waals surface area contributed by atoms with Crippen LogP contribution in [0.4, 0.5) is 0 Å². The molecular formula is C27H32N2O4. The van der Waals surface area contributed by atoms with Gasteiger partial charge in [-0.3, -0.25) is 9.59 Å². The summed E-state index contributed by atoms with van der Waals surface area (Å²) in [5, 5.41) is 0. The van der Waals surface area contributed by atoms with E-state index in [0.717, 1.165) is 36.9 Å². The van der Waals surface area contributed by atoms with E-state index in [1.54, 1.807) is 0 Å². The first-order chi connectivity index (χ1) is 16.2. The molecule has 1 saturated heterocycles. The summed E-state index contributed by atoms with van der Waals surface area (Å²) in [7, 11) is 0. The minimum Gasteiger partial charge on any atom is -0.481 e. The van der Waals surface area contributed by atoms with Gasteiger partial charge in [0.25, 0.3) is 5.91 Å². The third-order valence-corrected chi connectivity index (χ3v) is 6.92. The highest BCUT2D eigenvalue weighted by molar-refractivity contribution is 5.82. The third kappa shape index (κ3) is 4.62. The van der Waals surface area contributed by atoms with Crippen molar-refractivity contribution in [3.05, 3.63) is 65.2 Å². The highest BCUT2D eigenvalue weighted by atomic mass is 16.5. The molecule has 6 nitrogen and oxygen atoms in total. The van der Waals surface area contributed by atoms with E-state index in [1.807, 2.05) is 36.1 Å². The van der Waals surface area contributed by atoms with Crippen LogP contribution >= 0.6 is 0 Å². The maximum absolute atomic E-state index is 13.2. The molecule has 0 radical (unpaired) electrons. The largest absolute Gasteiger partial charge is 0.481 e. The maximum atomic E-state index is 13.2. The summed E-state index contributed by atoms with van der Waals surface area (Å²) in [6.45, 7) is 5.07. The van der Waals surface area contributed by atoms with Crippen LogP contribution in [0.3, 0.4) is 0 Å². The highest BCUT2D eigenvalue weighted by Gasteiger charge is 2.39. The predicted molar refractivity (Wildman–Crippen MR) is 125 cm³/mol. The molecule has 3 aliphatic rings. The van der Waals surface area contributed by atoms with Gasteiger partial charge in [0.15, 0.2) is 6.10 Å². The molecule has 2 aromatic carbocycles. The maximum Gasteiger partial charge on any atom is 0.263 e. The topological polar surface area (TPSA) is 59.1 Å². The first-order valence-electron chi connectivity index (χ1n) is 12.2. The zero-order chi connectivity index (χ0) is 22.8. The number of nitrogens with zero attached hydrogens (tertiary/aromatic N) is 2. The van der Waals surface area contributed by atoms with Gasteiger partial charge in [-0.1, -0.05) is 43.3 Å². The molecule has 2 amide bonds. The van der Waals surface area contributed by atoms with Gasteiger partial charge in [0, 0.05) is 25.6 Å². The summed E-state index contributed by atoms with van der Waals surface area (Å²) >= 11 is 0. The molecule has 2 fully saturated rings. The number of benzene rings is 2. The van der Waals surface area contributed by atoms with Crippen LogP contribution in [0.5, 0.6) is 5.75 Å². The van der Waals surface area contributed by atoms with Gasteiger partial charge in [-0.15, -0.1) is 0 Å². The summed E-state index contributed by atoms with van der Waals surface area (Å²) in [6.07, 6.45) is 2.90. The Kier molecular flexibility index (Phi) is 6.36. The average Bonchev–Trinajstić information content (AvgIpc) is 3.72. The molecule has 0 N–H and O–H groups in total. The van der Waals surface area contributed by atoms with E-state index in [1.165, 1.54) is 5.56 Å². The molecule has 1 aliphatic carbocycles. The Morgan fingerprint density at radius 3 is 2.52 bits per heavy atom. The van der Waals surface area contributed by atoms with Crippen molar-refractivity contribution in [2.75, 3.05) is 32.8 Å². The van der Waals surface area contributed by atoms with Crippen molar-refractivity contribution in [3.63, 3.8) is 0 Å². The van der Waals surface area contributed by atoms with E-state index in [-0.39, 0.29) is 23.8 Å². The smallest absolute Gasteiger partial charge is 0.263 e. The SMILES string of the molecule is CC[C@H](Oc1ccc2c(c1)[C@H](c1ccccc1)N(C(=O)C1CC1)CC2)C(=O)N1CCOCC1. The lowest BCUT2D eigenvalue weighted by Crippen LogP contribution is -2.47. The van der Waals surface area contributed by atoms with Gasteiger partial charge in [0.1, 0.15) is 5.75 Å². The standard InChI is InChI=1S/C27H32N2O4/c1-2-24(27(31)28-14-16-32-17-15-28)33-22-11-10-19-12-13-29(26(30)21-8-9-21)25(23(19)18-22)20-6-4-3-5-7-20/h3-7,10-11,18,21,24-25H,2,8-9,12-17H2,1H3/t24-,25-/m0/s1. The van der Waals surface area contributed by atoms with E-state index in [0.29, 0.717) is 38.5 Å². The van der Waals surface area contributed by atoms with Crippen molar-refractivity contribution in [1.29, 1.82) is 0 Å². The number of carbonyl (C=O) groups is 2. The van der Waals surface area contributed by atoms with Crippen LogP contribution in [0.2, 0.25) is 0 Å². The van der Waals surface area contributed by atoms with E-state index in [2.05, 4.69) is 29.2 Å². The Morgan fingerprint density at radius 2 is 1.82 bits per heavy atom. The number of ether oxygens (including phenoxy) is 2. The Balaban J connectivity index is 1.43. The Bertz CT molecular complexity index is 998. The first kappa shape index (κ1) is 22.0. The minimum atomic E-state index is -0.524. The lowest BCUT2D eigenvalue weighted by Gasteiger charge is -2.38. The molecule has 174 valence electrons. The summed E-state index contributed by atoms with van der Waals surface area (Å²) < 4.78 is 11.6. The van der Waals surface area contributed by atoms with Gasteiger partial charge in [0.05, 0.1) is 19.3 Å². The van der Waals surface area contributed by atoms with Crippen LogP contribution < -0.4 is 4.74 Å². The molecule has 5 rings (SSSR count). The van der Waals surface area contributed by atoms with Crippen LogP contribution in [0.15, 0.2) is 48.5 Å². The highest BCUT2D eigenvalue weighted by Crippen LogP contribution is 2.41. The second-order valence-corrected chi connectivity index (χ2v) is 9.18. The second-order valence-electron chi connectivity index (χ2n) is 9.18. The molecule has 1 saturated carbocycles. The summed E-state index contributed by atoms with van der Waals surface area (Å²) in [6, 6.07) is 16.2. The van der Waals surface area contributed by atoms with Crippen molar-refractivity contribution in [1.82, 2.24) is 9.80 Å². The average molecular weight is 449 g/mol. The lowest BCUT2D eigenvalue weighted by molar-refractivity contribution is -0.143. The molecule has 2 aromatic rings. The number of rotatable bonds is 6. The van der Waals surface area contributed by atoms with Gasteiger partial charge >= 0.3 is 0 Å². The van der Waals surface area contributed by atoms with Gasteiger partial charge in [0.2, 0.25) is 5.91 Å². The molecule has 2 aliphatic heterocycles. The third-order valence-electron chi connectivity index (χ3n) is 6.92. The van der Waals surface area contributed by atoms with Gasteiger partial charge in [-0.2, -0.15) is 0 Å². The molecular weight excluding hydrogens is 416 g/mol. The fourth-order valence-corrected chi connectivity index (χ4v) is 4.92. The summed E-state index contributed by atoms with van der Waals surface area (Å²) in [5.41, 5.74) is 3.46. The summed E-state index contributed by atoms with van der Waals surface area (Å²) in [4.78, 5) is 30.1. The van der Waals surface area contributed by atoms with Crippen molar-refractivity contribution in [3.8, 4) is 5.75 Å². The molecule has 0 aromatic heterocycles. The van der Waals surface area contributed by atoms with Gasteiger partial charge < -0.3 is 19.3 Å². The predicted octanol–water partition coefficient (Wildman–Crippen LogP) is 3.59. The Hall–Kier alpha value is -2.86. The van der Waals surface area contributed by atoms with Crippen molar-refractivity contribution >= 4 is 11.8 Å². The molecule has 6 heteroatoms. The molecule has 33 heavy (non-hydrogen) atoms. The van der Waals surface area contributed by atoms with E-state index in [9.17, 15) is 9.59 Å². The fourth-order valence-electron chi connectivity index (χ4n) is 4.92. The first-order valence-corrected chi connectivity index (χ1v) is 12.2. The van der Waals surface area contributed by atoms with Crippen LogP contribution in [0, 0.1) is 5.92 Å². The van der Waals surface area contributed by atoms with Gasteiger partial charge in [-0.05, 0) is 54.5 Å². The quantitative estimate of drug-likeness (QED) is 0.678. The molecule has 0 bridgehead atoms.